The second kappa shape index (κ2) is 9.40. The third kappa shape index (κ3) is 4.67. The van der Waals surface area contributed by atoms with Crippen LogP contribution in [0.1, 0.15) is 30.6 Å². The van der Waals surface area contributed by atoms with Crippen molar-refractivity contribution in [2.45, 2.75) is 31.3 Å². The number of piperazine rings is 1. The SMILES string of the molecule is CCOc1ccc(C(=O)N2CCN(S(=O)(=O)c3ccc4c(c3)NC(=O)[C@@H](CC)O4)CC2)cc1. The quantitative estimate of drug-likeness (QED) is 0.691. The molecule has 2 aliphatic heterocycles. The first kappa shape index (κ1) is 23.1. The smallest absolute Gasteiger partial charge is 0.265 e. The molecule has 0 radical (unpaired) electrons. The Morgan fingerprint density at radius 2 is 1.79 bits per heavy atom. The molecule has 0 saturated carbocycles. The van der Waals surface area contributed by atoms with Crippen molar-refractivity contribution in [2.24, 2.45) is 0 Å². The summed E-state index contributed by atoms with van der Waals surface area (Å²) in [6.45, 7) is 5.22. The standard InChI is InChI=1S/C23H27N3O6S/c1-3-20-22(27)24-19-15-18(9-10-21(19)32-20)33(29,30)26-13-11-25(12-14-26)23(28)16-5-7-17(8-6-16)31-4-2/h5-10,15,20H,3-4,11-14H2,1-2H3,(H,24,27)/t20-/m1/s1. The Kier molecular flexibility index (Phi) is 6.57. The second-order valence-electron chi connectivity index (χ2n) is 7.82. The largest absolute Gasteiger partial charge is 0.494 e. The maximum absolute atomic E-state index is 13.2. The average molecular weight is 474 g/mol. The monoisotopic (exact) mass is 473 g/mol. The molecule has 0 unspecified atom stereocenters. The number of benzene rings is 2. The number of carbonyl (C=O) groups is 2. The van der Waals surface area contributed by atoms with Crippen LogP contribution in [0.4, 0.5) is 5.69 Å². The van der Waals surface area contributed by atoms with Crippen molar-refractivity contribution >= 4 is 27.5 Å². The van der Waals surface area contributed by atoms with Crippen LogP contribution >= 0.6 is 0 Å². The van der Waals surface area contributed by atoms with Crippen molar-refractivity contribution in [3.05, 3.63) is 48.0 Å². The number of ether oxygens (including phenoxy) is 2. The van der Waals surface area contributed by atoms with Gasteiger partial charge in [-0.25, -0.2) is 8.42 Å². The van der Waals surface area contributed by atoms with Crippen LogP contribution in [-0.2, 0) is 14.8 Å². The molecule has 1 atom stereocenters. The van der Waals surface area contributed by atoms with Crippen molar-refractivity contribution in [3.63, 3.8) is 0 Å². The number of nitrogens with one attached hydrogen (secondary N) is 1. The molecule has 10 heteroatoms. The van der Waals surface area contributed by atoms with Gasteiger partial charge in [0.25, 0.3) is 11.8 Å². The number of hydrogen-bond acceptors (Lipinski definition) is 6. The molecule has 2 aromatic carbocycles. The maximum Gasteiger partial charge on any atom is 0.265 e. The van der Waals surface area contributed by atoms with E-state index in [0.717, 1.165) is 0 Å². The fourth-order valence-corrected chi connectivity index (χ4v) is 5.33. The Labute approximate surface area is 193 Å². The van der Waals surface area contributed by atoms with E-state index >= 15 is 0 Å². The number of anilines is 1. The molecule has 1 fully saturated rings. The van der Waals surface area contributed by atoms with Crippen molar-refractivity contribution < 1.29 is 27.5 Å². The highest BCUT2D eigenvalue weighted by molar-refractivity contribution is 7.89. The molecule has 2 amide bonds. The maximum atomic E-state index is 13.2. The van der Waals surface area contributed by atoms with Crippen molar-refractivity contribution in [1.82, 2.24) is 9.21 Å². The van der Waals surface area contributed by atoms with Gasteiger partial charge < -0.3 is 19.7 Å². The summed E-state index contributed by atoms with van der Waals surface area (Å²) in [6.07, 6.45) is -0.0636. The van der Waals surface area contributed by atoms with Gasteiger partial charge in [-0.3, -0.25) is 9.59 Å². The molecule has 4 rings (SSSR count). The summed E-state index contributed by atoms with van der Waals surface area (Å²) in [5.41, 5.74) is 0.876. The Hall–Kier alpha value is -3.11. The molecule has 2 aliphatic rings. The number of nitrogens with zero attached hydrogens (tertiary/aromatic N) is 2. The Balaban J connectivity index is 1.42. The third-order valence-corrected chi connectivity index (χ3v) is 7.61. The zero-order valence-electron chi connectivity index (χ0n) is 18.6. The molecule has 2 heterocycles. The molecule has 9 nitrogen and oxygen atoms in total. The first-order chi connectivity index (χ1) is 15.8. The minimum absolute atomic E-state index is 0.0754. The summed E-state index contributed by atoms with van der Waals surface area (Å²) in [5, 5.41) is 2.72. The van der Waals surface area contributed by atoms with Gasteiger partial charge in [-0.1, -0.05) is 6.92 Å². The third-order valence-electron chi connectivity index (χ3n) is 5.72. The highest BCUT2D eigenvalue weighted by Crippen LogP contribution is 2.33. The highest BCUT2D eigenvalue weighted by atomic mass is 32.2. The number of amides is 2. The fourth-order valence-electron chi connectivity index (χ4n) is 3.88. The number of carbonyl (C=O) groups excluding carboxylic acids is 2. The number of fused-ring (bicyclic) bond motifs is 1. The van der Waals surface area contributed by atoms with Gasteiger partial charge in [0.1, 0.15) is 11.5 Å². The fraction of sp³-hybridized carbons (Fsp3) is 0.391. The van der Waals surface area contributed by atoms with Gasteiger partial charge in [-0.2, -0.15) is 4.31 Å². The van der Waals surface area contributed by atoms with Crippen molar-refractivity contribution in [2.75, 3.05) is 38.1 Å². The molecular formula is C23H27N3O6S. The van der Waals surface area contributed by atoms with Crippen LogP contribution in [0.3, 0.4) is 0 Å². The molecule has 0 aromatic heterocycles. The van der Waals surface area contributed by atoms with E-state index in [4.69, 9.17) is 9.47 Å². The Bertz CT molecular complexity index is 1140. The molecule has 0 spiro atoms. The van der Waals surface area contributed by atoms with Crippen LogP contribution in [0.5, 0.6) is 11.5 Å². The van der Waals surface area contributed by atoms with Gasteiger partial charge in [0.2, 0.25) is 10.0 Å². The molecule has 176 valence electrons. The van der Waals surface area contributed by atoms with E-state index in [-0.39, 0.29) is 42.9 Å². The number of hydrogen-bond donors (Lipinski definition) is 1. The first-order valence-corrected chi connectivity index (χ1v) is 12.4. The summed E-state index contributed by atoms with van der Waals surface area (Å²) < 4.78 is 38.7. The molecule has 1 N–H and O–H groups in total. The zero-order chi connectivity index (χ0) is 23.6. The van der Waals surface area contributed by atoms with Gasteiger partial charge in [0.05, 0.1) is 17.2 Å². The van der Waals surface area contributed by atoms with Crippen LogP contribution in [0.15, 0.2) is 47.4 Å². The van der Waals surface area contributed by atoms with Crippen LogP contribution in [0.2, 0.25) is 0 Å². The minimum atomic E-state index is -3.79. The van der Waals surface area contributed by atoms with Crippen molar-refractivity contribution in [1.29, 1.82) is 0 Å². The van der Waals surface area contributed by atoms with Gasteiger partial charge in [0, 0.05) is 31.7 Å². The molecule has 0 aliphatic carbocycles. The Morgan fingerprint density at radius 1 is 1.09 bits per heavy atom. The van der Waals surface area contributed by atoms with Crippen LogP contribution < -0.4 is 14.8 Å². The lowest BCUT2D eigenvalue weighted by Crippen LogP contribution is -2.50. The van der Waals surface area contributed by atoms with E-state index in [0.29, 0.717) is 35.8 Å². The zero-order valence-corrected chi connectivity index (χ0v) is 19.4. The summed E-state index contributed by atoms with van der Waals surface area (Å²) in [7, 11) is -3.79. The summed E-state index contributed by atoms with van der Waals surface area (Å²) in [5.74, 6) is 0.711. The van der Waals surface area contributed by atoms with E-state index in [1.54, 1.807) is 35.2 Å². The summed E-state index contributed by atoms with van der Waals surface area (Å²) >= 11 is 0. The predicted octanol–water partition coefficient (Wildman–Crippen LogP) is 2.34. The topological polar surface area (TPSA) is 105 Å². The van der Waals surface area contributed by atoms with E-state index < -0.39 is 16.1 Å². The molecule has 33 heavy (non-hydrogen) atoms. The second-order valence-corrected chi connectivity index (χ2v) is 9.75. The molecule has 0 bridgehead atoms. The van der Waals surface area contributed by atoms with Gasteiger partial charge in [-0.05, 0) is 55.8 Å². The average Bonchev–Trinajstić information content (AvgIpc) is 2.83. The predicted molar refractivity (Wildman–Crippen MR) is 122 cm³/mol. The van der Waals surface area contributed by atoms with Crippen LogP contribution in [0.25, 0.3) is 0 Å². The lowest BCUT2D eigenvalue weighted by atomic mass is 10.2. The van der Waals surface area contributed by atoms with Crippen LogP contribution in [-0.4, -0.2) is 68.3 Å². The minimum Gasteiger partial charge on any atom is -0.494 e. The lowest BCUT2D eigenvalue weighted by molar-refractivity contribution is -0.123. The summed E-state index contributed by atoms with van der Waals surface area (Å²) in [4.78, 5) is 26.6. The first-order valence-electron chi connectivity index (χ1n) is 11.0. The van der Waals surface area contributed by atoms with E-state index in [9.17, 15) is 18.0 Å². The van der Waals surface area contributed by atoms with E-state index in [1.807, 2.05) is 13.8 Å². The van der Waals surface area contributed by atoms with Gasteiger partial charge >= 0.3 is 0 Å². The number of sulfonamides is 1. The van der Waals surface area contributed by atoms with Crippen LogP contribution in [0, 0.1) is 0 Å². The normalized spacial score (nSPS) is 18.8. The van der Waals surface area contributed by atoms with Gasteiger partial charge in [-0.15, -0.1) is 0 Å². The van der Waals surface area contributed by atoms with Crippen molar-refractivity contribution in [3.8, 4) is 11.5 Å². The lowest BCUT2D eigenvalue weighted by Gasteiger charge is -2.34. The Morgan fingerprint density at radius 3 is 2.42 bits per heavy atom. The number of rotatable bonds is 6. The van der Waals surface area contributed by atoms with E-state index in [1.165, 1.54) is 16.4 Å². The summed E-state index contributed by atoms with van der Waals surface area (Å²) in [6, 6.07) is 11.4. The molecule has 2 aromatic rings. The van der Waals surface area contributed by atoms with Gasteiger partial charge in [0.15, 0.2) is 6.10 Å². The molecule has 1 saturated heterocycles. The molecular weight excluding hydrogens is 446 g/mol. The highest BCUT2D eigenvalue weighted by Gasteiger charge is 2.32. The van der Waals surface area contributed by atoms with E-state index in [2.05, 4.69) is 5.32 Å².